The molecule has 1 heterocycles. The van der Waals surface area contributed by atoms with E-state index in [0.29, 0.717) is 6.61 Å². The summed E-state index contributed by atoms with van der Waals surface area (Å²) in [6.07, 6.45) is 3.55. The normalized spacial score (nSPS) is 12.1. The number of esters is 1. The molecule has 1 unspecified atom stereocenters. The van der Waals surface area contributed by atoms with Crippen molar-refractivity contribution in [3.8, 4) is 0 Å². The molecule has 0 aliphatic heterocycles. The molecule has 0 spiro atoms. The summed E-state index contributed by atoms with van der Waals surface area (Å²) in [5, 5.41) is 4.20. The lowest BCUT2D eigenvalue weighted by Crippen LogP contribution is -2.23. The SMILES string of the molecule is CCOC(=O)C(c1ccccc1)n1cc(I)cn1. The van der Waals surface area contributed by atoms with Gasteiger partial charge in [0, 0.05) is 6.20 Å². The average molecular weight is 356 g/mol. The van der Waals surface area contributed by atoms with E-state index >= 15 is 0 Å². The Bertz CT molecular complexity index is 525. The molecule has 5 heteroatoms. The van der Waals surface area contributed by atoms with Gasteiger partial charge in [0.25, 0.3) is 0 Å². The van der Waals surface area contributed by atoms with E-state index in [9.17, 15) is 4.79 Å². The molecule has 1 atom stereocenters. The number of ether oxygens (including phenoxy) is 1. The van der Waals surface area contributed by atoms with E-state index < -0.39 is 6.04 Å². The number of nitrogens with zero attached hydrogens (tertiary/aromatic N) is 2. The Labute approximate surface area is 119 Å². The first-order valence-electron chi connectivity index (χ1n) is 5.63. The molecular weight excluding hydrogens is 343 g/mol. The summed E-state index contributed by atoms with van der Waals surface area (Å²) in [5.41, 5.74) is 0.871. The van der Waals surface area contributed by atoms with Gasteiger partial charge in [-0.3, -0.25) is 4.68 Å². The van der Waals surface area contributed by atoms with Crippen LogP contribution >= 0.6 is 22.6 Å². The lowest BCUT2D eigenvalue weighted by atomic mass is 10.1. The predicted octanol–water partition coefficient (Wildman–Crippen LogP) is 2.64. The van der Waals surface area contributed by atoms with Gasteiger partial charge in [-0.25, -0.2) is 4.79 Å². The molecule has 0 saturated carbocycles. The summed E-state index contributed by atoms with van der Waals surface area (Å²) in [6, 6.07) is 8.99. The van der Waals surface area contributed by atoms with E-state index in [2.05, 4.69) is 27.7 Å². The molecular formula is C13H13IN2O2. The number of carbonyl (C=O) groups excluding carboxylic acids is 1. The highest BCUT2D eigenvalue weighted by molar-refractivity contribution is 14.1. The third-order valence-electron chi connectivity index (χ3n) is 2.46. The van der Waals surface area contributed by atoms with Crippen molar-refractivity contribution in [3.63, 3.8) is 0 Å². The first kappa shape index (κ1) is 13.1. The summed E-state index contributed by atoms with van der Waals surface area (Å²) < 4.78 is 7.74. The second kappa shape index (κ2) is 5.99. The van der Waals surface area contributed by atoms with E-state index in [1.807, 2.05) is 36.5 Å². The average Bonchev–Trinajstić information content (AvgIpc) is 2.78. The highest BCUT2D eigenvalue weighted by Gasteiger charge is 2.24. The van der Waals surface area contributed by atoms with Gasteiger partial charge in [0.1, 0.15) is 0 Å². The van der Waals surface area contributed by atoms with Gasteiger partial charge in [0.2, 0.25) is 0 Å². The maximum Gasteiger partial charge on any atom is 0.335 e. The molecule has 1 aromatic heterocycles. The van der Waals surface area contributed by atoms with Gasteiger partial charge in [-0.05, 0) is 35.1 Å². The molecule has 0 aliphatic rings. The zero-order valence-electron chi connectivity index (χ0n) is 9.91. The Kier molecular flexibility index (Phi) is 4.35. The Morgan fingerprint density at radius 2 is 2.17 bits per heavy atom. The van der Waals surface area contributed by atoms with Gasteiger partial charge >= 0.3 is 5.97 Å². The number of aromatic nitrogens is 2. The van der Waals surface area contributed by atoms with Crippen molar-refractivity contribution >= 4 is 28.6 Å². The van der Waals surface area contributed by atoms with E-state index in [1.54, 1.807) is 17.8 Å². The fourth-order valence-corrected chi connectivity index (χ4v) is 2.12. The van der Waals surface area contributed by atoms with Crippen LogP contribution in [0, 0.1) is 3.57 Å². The van der Waals surface area contributed by atoms with Crippen LogP contribution in [-0.4, -0.2) is 22.4 Å². The fraction of sp³-hybridized carbons (Fsp3) is 0.231. The van der Waals surface area contributed by atoms with Gasteiger partial charge < -0.3 is 4.74 Å². The highest BCUT2D eigenvalue weighted by Crippen LogP contribution is 2.20. The van der Waals surface area contributed by atoms with Crippen LogP contribution in [0.1, 0.15) is 18.5 Å². The van der Waals surface area contributed by atoms with Gasteiger partial charge in [0.05, 0.1) is 16.4 Å². The van der Waals surface area contributed by atoms with E-state index in [-0.39, 0.29) is 5.97 Å². The monoisotopic (exact) mass is 356 g/mol. The van der Waals surface area contributed by atoms with Crippen molar-refractivity contribution in [1.29, 1.82) is 0 Å². The molecule has 0 saturated heterocycles. The largest absolute Gasteiger partial charge is 0.464 e. The van der Waals surface area contributed by atoms with Gasteiger partial charge in [0.15, 0.2) is 6.04 Å². The topological polar surface area (TPSA) is 44.1 Å². The molecule has 4 nitrogen and oxygen atoms in total. The lowest BCUT2D eigenvalue weighted by molar-refractivity contribution is -0.146. The van der Waals surface area contributed by atoms with Crippen LogP contribution in [0.5, 0.6) is 0 Å². The van der Waals surface area contributed by atoms with Gasteiger partial charge in [-0.1, -0.05) is 30.3 Å². The van der Waals surface area contributed by atoms with Crippen molar-refractivity contribution in [2.45, 2.75) is 13.0 Å². The second-order valence-corrected chi connectivity index (χ2v) is 4.95. The van der Waals surface area contributed by atoms with E-state index in [1.165, 1.54) is 0 Å². The summed E-state index contributed by atoms with van der Waals surface area (Å²) in [6.45, 7) is 2.16. The van der Waals surface area contributed by atoms with Crippen molar-refractivity contribution in [2.75, 3.05) is 6.61 Å². The Morgan fingerprint density at radius 1 is 1.44 bits per heavy atom. The van der Waals surface area contributed by atoms with Crippen LogP contribution in [0.25, 0.3) is 0 Å². The molecule has 94 valence electrons. The standard InChI is InChI=1S/C13H13IN2O2/c1-2-18-13(17)12(10-6-4-3-5-7-10)16-9-11(14)8-15-16/h3-9,12H,2H2,1H3. The molecule has 2 rings (SSSR count). The summed E-state index contributed by atoms with van der Waals surface area (Å²) in [7, 11) is 0. The Morgan fingerprint density at radius 3 is 2.72 bits per heavy atom. The van der Waals surface area contributed by atoms with Gasteiger partial charge in [-0.15, -0.1) is 0 Å². The first-order valence-corrected chi connectivity index (χ1v) is 6.71. The minimum absolute atomic E-state index is 0.289. The smallest absolute Gasteiger partial charge is 0.335 e. The number of hydrogen-bond acceptors (Lipinski definition) is 3. The van der Waals surface area contributed by atoms with Crippen molar-refractivity contribution in [1.82, 2.24) is 9.78 Å². The van der Waals surface area contributed by atoms with Crippen LogP contribution in [0.4, 0.5) is 0 Å². The van der Waals surface area contributed by atoms with Crippen LogP contribution in [0.2, 0.25) is 0 Å². The third kappa shape index (κ3) is 2.90. The maximum absolute atomic E-state index is 12.1. The molecule has 0 fully saturated rings. The summed E-state index contributed by atoms with van der Waals surface area (Å²) in [4.78, 5) is 12.1. The number of halogens is 1. The number of carbonyl (C=O) groups is 1. The van der Waals surface area contributed by atoms with Gasteiger partial charge in [-0.2, -0.15) is 5.10 Å². The summed E-state index contributed by atoms with van der Waals surface area (Å²) >= 11 is 2.16. The van der Waals surface area contributed by atoms with Crippen LogP contribution < -0.4 is 0 Å². The predicted molar refractivity (Wildman–Crippen MR) is 76.2 cm³/mol. The molecule has 0 amide bonds. The molecule has 2 aromatic rings. The fourth-order valence-electron chi connectivity index (χ4n) is 1.71. The molecule has 0 aliphatic carbocycles. The van der Waals surface area contributed by atoms with E-state index in [4.69, 9.17) is 4.74 Å². The first-order chi connectivity index (χ1) is 8.72. The Hall–Kier alpha value is -1.37. The molecule has 0 radical (unpaired) electrons. The van der Waals surface area contributed by atoms with Crippen molar-refractivity contribution in [3.05, 3.63) is 51.9 Å². The van der Waals surface area contributed by atoms with Crippen molar-refractivity contribution in [2.24, 2.45) is 0 Å². The summed E-state index contributed by atoms with van der Waals surface area (Å²) in [5.74, 6) is -0.289. The van der Waals surface area contributed by atoms with Crippen molar-refractivity contribution < 1.29 is 9.53 Å². The Balaban J connectivity index is 2.38. The molecule has 18 heavy (non-hydrogen) atoms. The van der Waals surface area contributed by atoms with Crippen LogP contribution in [0.15, 0.2) is 42.7 Å². The minimum Gasteiger partial charge on any atom is -0.464 e. The number of rotatable bonds is 4. The zero-order chi connectivity index (χ0) is 13.0. The molecule has 0 bridgehead atoms. The van der Waals surface area contributed by atoms with E-state index in [0.717, 1.165) is 9.13 Å². The number of benzene rings is 1. The quantitative estimate of drug-likeness (QED) is 0.625. The van der Waals surface area contributed by atoms with Crippen LogP contribution in [0.3, 0.4) is 0 Å². The number of hydrogen-bond donors (Lipinski definition) is 0. The second-order valence-electron chi connectivity index (χ2n) is 3.70. The third-order valence-corrected chi connectivity index (χ3v) is 3.02. The maximum atomic E-state index is 12.1. The highest BCUT2D eigenvalue weighted by atomic mass is 127. The zero-order valence-corrected chi connectivity index (χ0v) is 12.1. The molecule has 1 aromatic carbocycles. The molecule has 0 N–H and O–H groups in total. The van der Waals surface area contributed by atoms with Crippen LogP contribution in [-0.2, 0) is 9.53 Å². The minimum atomic E-state index is -0.519. The lowest BCUT2D eigenvalue weighted by Gasteiger charge is -2.16.